The molecule has 2 aliphatic rings. The summed E-state index contributed by atoms with van der Waals surface area (Å²) in [7, 11) is 0. The Balaban J connectivity index is 2.03. The van der Waals surface area contributed by atoms with Crippen molar-refractivity contribution in [1.82, 2.24) is 0 Å². The molecule has 0 saturated heterocycles. The van der Waals surface area contributed by atoms with Crippen LogP contribution in [0.5, 0.6) is 0 Å². The summed E-state index contributed by atoms with van der Waals surface area (Å²) in [5.41, 5.74) is 1.76. The fraction of sp³-hybridized carbons (Fsp3) is 0.765. The Kier molecular flexibility index (Phi) is 5.35. The summed E-state index contributed by atoms with van der Waals surface area (Å²) in [6.45, 7) is 2.37. The molecule has 0 aliphatic heterocycles. The molecule has 0 aromatic carbocycles. The minimum absolute atomic E-state index is 0.920. The van der Waals surface area contributed by atoms with Gasteiger partial charge in [0.1, 0.15) is 0 Å². The first-order valence-corrected chi connectivity index (χ1v) is 7.77. The Morgan fingerprint density at radius 2 is 1.88 bits per heavy atom. The maximum absolute atomic E-state index is 2.45. The van der Waals surface area contributed by atoms with Crippen molar-refractivity contribution >= 4 is 0 Å². The van der Waals surface area contributed by atoms with Gasteiger partial charge in [-0.25, -0.2) is 0 Å². The molecule has 2 atom stereocenters. The van der Waals surface area contributed by atoms with Gasteiger partial charge >= 0.3 is 0 Å². The molecule has 17 heavy (non-hydrogen) atoms. The summed E-state index contributed by atoms with van der Waals surface area (Å²) < 4.78 is 0. The van der Waals surface area contributed by atoms with E-state index < -0.39 is 0 Å². The number of fused-ring (bicyclic) bond motifs is 1. The maximum atomic E-state index is 2.45. The molecule has 0 spiro atoms. The van der Waals surface area contributed by atoms with Crippen LogP contribution in [0.25, 0.3) is 0 Å². The summed E-state index contributed by atoms with van der Waals surface area (Å²) >= 11 is 0. The van der Waals surface area contributed by atoms with Gasteiger partial charge in [0, 0.05) is 0 Å². The average Bonchev–Trinajstić information content (AvgIpc) is 2.71. The molecule has 0 N–H and O–H groups in total. The summed E-state index contributed by atoms with van der Waals surface area (Å²) in [6.07, 6.45) is 21.3. The minimum atomic E-state index is 0.920. The highest BCUT2D eigenvalue weighted by atomic mass is 14.3. The summed E-state index contributed by atoms with van der Waals surface area (Å²) in [4.78, 5) is 0. The van der Waals surface area contributed by atoms with E-state index in [-0.39, 0.29) is 0 Å². The molecular weight excluding hydrogens is 204 g/mol. The van der Waals surface area contributed by atoms with E-state index in [1.807, 2.05) is 0 Å². The van der Waals surface area contributed by atoms with Gasteiger partial charge in [-0.05, 0) is 43.9 Å². The quantitative estimate of drug-likeness (QED) is 0.548. The van der Waals surface area contributed by atoms with E-state index in [1.54, 1.807) is 5.57 Å². The SMILES string of the molecule is CCC1CC/C2=C/C=C\CCCCCCCC21. The summed E-state index contributed by atoms with van der Waals surface area (Å²) in [5.74, 6) is 1.90. The lowest BCUT2D eigenvalue weighted by molar-refractivity contribution is 0.373. The molecule has 0 aromatic heterocycles. The first-order valence-electron chi connectivity index (χ1n) is 7.77. The zero-order valence-electron chi connectivity index (χ0n) is 11.5. The van der Waals surface area contributed by atoms with Crippen LogP contribution in [0.3, 0.4) is 0 Å². The molecule has 2 unspecified atom stereocenters. The fourth-order valence-corrected chi connectivity index (χ4v) is 3.60. The van der Waals surface area contributed by atoms with Crippen LogP contribution in [-0.4, -0.2) is 0 Å². The second-order valence-electron chi connectivity index (χ2n) is 5.83. The van der Waals surface area contributed by atoms with Crippen molar-refractivity contribution in [3.05, 3.63) is 23.8 Å². The third-order valence-electron chi connectivity index (χ3n) is 4.71. The zero-order chi connectivity index (χ0) is 11.9. The van der Waals surface area contributed by atoms with Crippen molar-refractivity contribution in [1.29, 1.82) is 0 Å². The lowest BCUT2D eigenvalue weighted by Crippen LogP contribution is -2.08. The molecule has 0 amide bonds. The van der Waals surface area contributed by atoms with E-state index >= 15 is 0 Å². The van der Waals surface area contributed by atoms with Gasteiger partial charge in [-0.3, -0.25) is 0 Å². The van der Waals surface area contributed by atoms with Crippen LogP contribution in [0.15, 0.2) is 23.8 Å². The predicted molar refractivity (Wildman–Crippen MR) is 76.0 cm³/mol. The fourth-order valence-electron chi connectivity index (χ4n) is 3.60. The molecule has 0 aromatic rings. The van der Waals surface area contributed by atoms with Gasteiger partial charge < -0.3 is 0 Å². The Morgan fingerprint density at radius 1 is 1.06 bits per heavy atom. The van der Waals surface area contributed by atoms with Crippen molar-refractivity contribution in [3.63, 3.8) is 0 Å². The van der Waals surface area contributed by atoms with Crippen molar-refractivity contribution in [2.75, 3.05) is 0 Å². The first-order chi connectivity index (χ1) is 8.42. The van der Waals surface area contributed by atoms with Crippen molar-refractivity contribution in [3.8, 4) is 0 Å². The number of rotatable bonds is 1. The van der Waals surface area contributed by atoms with Crippen LogP contribution in [0.2, 0.25) is 0 Å². The molecule has 0 radical (unpaired) electrons. The van der Waals surface area contributed by atoms with Gasteiger partial charge in [0.2, 0.25) is 0 Å². The normalized spacial score (nSPS) is 36.2. The van der Waals surface area contributed by atoms with Crippen LogP contribution >= 0.6 is 0 Å². The highest BCUT2D eigenvalue weighted by Crippen LogP contribution is 2.41. The van der Waals surface area contributed by atoms with Crippen LogP contribution in [0, 0.1) is 11.8 Å². The van der Waals surface area contributed by atoms with Crippen molar-refractivity contribution in [2.45, 2.75) is 71.1 Å². The number of allylic oxidation sites excluding steroid dienone is 4. The Labute approximate surface area is 107 Å². The average molecular weight is 232 g/mol. The second-order valence-corrected chi connectivity index (χ2v) is 5.83. The van der Waals surface area contributed by atoms with Gasteiger partial charge in [0.05, 0.1) is 0 Å². The lowest BCUT2D eigenvalue weighted by Gasteiger charge is -2.19. The standard InChI is InChI=1S/C17H28/c1-2-15-13-14-16-11-9-7-5-3-4-6-8-10-12-17(15)16/h7,9,11,15,17H,2-6,8,10,12-14H2,1H3/b9-7-,16-11-. The first kappa shape index (κ1) is 12.9. The molecular formula is C17H28. The minimum Gasteiger partial charge on any atom is -0.0845 e. The van der Waals surface area contributed by atoms with Crippen molar-refractivity contribution < 1.29 is 0 Å². The topological polar surface area (TPSA) is 0 Å². The van der Waals surface area contributed by atoms with Crippen LogP contribution in [0.4, 0.5) is 0 Å². The second kappa shape index (κ2) is 7.03. The third kappa shape index (κ3) is 3.72. The molecule has 96 valence electrons. The maximum Gasteiger partial charge on any atom is -0.0172 e. The monoisotopic (exact) mass is 232 g/mol. The molecule has 1 fully saturated rings. The van der Waals surface area contributed by atoms with Gasteiger partial charge in [-0.2, -0.15) is 0 Å². The molecule has 0 heteroatoms. The van der Waals surface area contributed by atoms with Crippen LogP contribution in [-0.2, 0) is 0 Å². The predicted octanol–water partition coefficient (Wildman–Crippen LogP) is 5.65. The third-order valence-corrected chi connectivity index (χ3v) is 4.71. The highest BCUT2D eigenvalue weighted by Gasteiger charge is 2.29. The van der Waals surface area contributed by atoms with Crippen molar-refractivity contribution in [2.24, 2.45) is 11.8 Å². The van der Waals surface area contributed by atoms with Gasteiger partial charge in [-0.15, -0.1) is 0 Å². The van der Waals surface area contributed by atoms with E-state index in [2.05, 4.69) is 25.2 Å². The van der Waals surface area contributed by atoms with E-state index in [9.17, 15) is 0 Å². The summed E-state index contributed by atoms with van der Waals surface area (Å²) in [6, 6.07) is 0. The molecule has 0 nitrogen and oxygen atoms in total. The summed E-state index contributed by atoms with van der Waals surface area (Å²) in [5, 5.41) is 0. The van der Waals surface area contributed by atoms with E-state index in [0.29, 0.717) is 0 Å². The number of hydrogen-bond acceptors (Lipinski definition) is 0. The van der Waals surface area contributed by atoms with Crippen LogP contribution < -0.4 is 0 Å². The molecule has 0 bridgehead atoms. The van der Waals surface area contributed by atoms with E-state index in [0.717, 1.165) is 11.8 Å². The van der Waals surface area contributed by atoms with Gasteiger partial charge in [0.25, 0.3) is 0 Å². The molecule has 2 rings (SSSR count). The molecule has 0 heterocycles. The van der Waals surface area contributed by atoms with Crippen LogP contribution in [0.1, 0.15) is 71.1 Å². The zero-order valence-corrected chi connectivity index (χ0v) is 11.5. The Morgan fingerprint density at radius 3 is 2.76 bits per heavy atom. The smallest absolute Gasteiger partial charge is 0.0172 e. The van der Waals surface area contributed by atoms with E-state index in [4.69, 9.17) is 0 Å². The molecule has 1 saturated carbocycles. The van der Waals surface area contributed by atoms with Gasteiger partial charge in [0.15, 0.2) is 0 Å². The number of hydrogen-bond donors (Lipinski definition) is 0. The van der Waals surface area contributed by atoms with E-state index in [1.165, 1.54) is 64.2 Å². The Hall–Kier alpha value is -0.520. The largest absolute Gasteiger partial charge is 0.0845 e. The lowest BCUT2D eigenvalue weighted by atomic mass is 9.86. The Bertz CT molecular complexity index is 272. The highest BCUT2D eigenvalue weighted by molar-refractivity contribution is 5.19. The van der Waals surface area contributed by atoms with Gasteiger partial charge in [-0.1, -0.05) is 62.8 Å². The molecule has 2 aliphatic carbocycles.